The van der Waals surface area contributed by atoms with Crippen molar-refractivity contribution in [2.24, 2.45) is 16.7 Å². The maximum atomic E-state index is 11.0. The van der Waals surface area contributed by atoms with Crippen molar-refractivity contribution in [2.75, 3.05) is 6.54 Å². The molecule has 0 aromatic heterocycles. The minimum absolute atomic E-state index is 0.330. The molecular formula is C16H27NO2. The zero-order valence-electron chi connectivity index (χ0n) is 12.6. The Hall–Kier alpha value is -0.830. The van der Waals surface area contributed by atoms with E-state index in [1.165, 1.54) is 19.3 Å². The molecule has 0 spiro atoms. The van der Waals surface area contributed by atoms with E-state index in [9.17, 15) is 4.79 Å². The third-order valence-corrected chi connectivity index (χ3v) is 5.60. The molecule has 3 atom stereocenters. The number of hydrogen-bond acceptors (Lipinski definition) is 2. The van der Waals surface area contributed by atoms with Crippen molar-refractivity contribution in [2.45, 2.75) is 59.4 Å². The summed E-state index contributed by atoms with van der Waals surface area (Å²) in [6.07, 6.45) is 6.41. The highest BCUT2D eigenvalue weighted by molar-refractivity contribution is 5.86. The predicted molar refractivity (Wildman–Crippen MR) is 77.0 cm³/mol. The Morgan fingerprint density at radius 3 is 2.58 bits per heavy atom. The second kappa shape index (κ2) is 4.93. The summed E-state index contributed by atoms with van der Waals surface area (Å²) in [5, 5.41) is 12.7. The number of carboxylic acids is 1. The van der Waals surface area contributed by atoms with Gasteiger partial charge in [-0.25, -0.2) is 4.79 Å². The number of fused-ring (bicyclic) bond motifs is 2. The van der Waals surface area contributed by atoms with Gasteiger partial charge in [-0.3, -0.25) is 0 Å². The van der Waals surface area contributed by atoms with Crippen molar-refractivity contribution >= 4 is 5.97 Å². The molecule has 19 heavy (non-hydrogen) atoms. The molecule has 0 amide bonds. The predicted octanol–water partition coefficient (Wildman–Crippen LogP) is 3.21. The van der Waals surface area contributed by atoms with Gasteiger partial charge in [0.25, 0.3) is 0 Å². The first-order chi connectivity index (χ1) is 8.81. The fourth-order valence-corrected chi connectivity index (χ4v) is 4.49. The fraction of sp³-hybridized carbons (Fsp3) is 0.812. The summed E-state index contributed by atoms with van der Waals surface area (Å²) < 4.78 is 0. The van der Waals surface area contributed by atoms with Crippen LogP contribution in [0.2, 0.25) is 0 Å². The molecule has 0 aromatic rings. The van der Waals surface area contributed by atoms with E-state index in [-0.39, 0.29) is 0 Å². The maximum Gasteiger partial charge on any atom is 0.331 e. The molecule has 3 unspecified atom stereocenters. The molecule has 3 nitrogen and oxygen atoms in total. The minimum atomic E-state index is -0.789. The van der Waals surface area contributed by atoms with Gasteiger partial charge in [0.2, 0.25) is 0 Å². The molecule has 2 bridgehead atoms. The summed E-state index contributed by atoms with van der Waals surface area (Å²) in [5.41, 5.74) is 1.24. The lowest BCUT2D eigenvalue weighted by atomic mass is 9.68. The molecule has 2 saturated carbocycles. The van der Waals surface area contributed by atoms with Crippen molar-refractivity contribution in [1.82, 2.24) is 5.32 Å². The van der Waals surface area contributed by atoms with E-state index < -0.39 is 5.97 Å². The molecule has 0 aliphatic heterocycles. The molecule has 2 fully saturated rings. The Morgan fingerprint density at radius 1 is 1.42 bits per heavy atom. The SMILES string of the molecule is CCC(=CCNC1C2(C)CCC(C2)C1(C)C)C(=O)O. The van der Waals surface area contributed by atoms with Crippen LogP contribution >= 0.6 is 0 Å². The zero-order chi connectivity index (χ0) is 14.3. The van der Waals surface area contributed by atoms with Crippen LogP contribution < -0.4 is 5.32 Å². The summed E-state index contributed by atoms with van der Waals surface area (Å²) in [7, 11) is 0. The molecule has 3 heteroatoms. The van der Waals surface area contributed by atoms with E-state index >= 15 is 0 Å². The van der Waals surface area contributed by atoms with Gasteiger partial charge in [-0.1, -0.05) is 33.8 Å². The molecule has 2 rings (SSSR count). The maximum absolute atomic E-state index is 11.0. The number of aliphatic carboxylic acids is 1. The number of rotatable bonds is 5. The van der Waals surface area contributed by atoms with Gasteiger partial charge in [-0.2, -0.15) is 0 Å². The number of nitrogens with one attached hydrogen (secondary N) is 1. The first kappa shape index (κ1) is 14.6. The van der Waals surface area contributed by atoms with Gasteiger partial charge < -0.3 is 10.4 Å². The summed E-state index contributed by atoms with van der Waals surface area (Å²) in [6.45, 7) is 9.68. The average molecular weight is 265 g/mol. The van der Waals surface area contributed by atoms with Crippen molar-refractivity contribution in [3.63, 3.8) is 0 Å². The largest absolute Gasteiger partial charge is 0.478 e. The Kier molecular flexibility index (Phi) is 3.78. The molecule has 0 radical (unpaired) electrons. The first-order valence-corrected chi connectivity index (χ1v) is 7.47. The van der Waals surface area contributed by atoms with Crippen LogP contribution in [0.5, 0.6) is 0 Å². The summed E-state index contributed by atoms with van der Waals surface area (Å²) in [5.74, 6) is 0.0341. The first-order valence-electron chi connectivity index (χ1n) is 7.47. The van der Waals surface area contributed by atoms with Gasteiger partial charge in [0.05, 0.1) is 0 Å². The third-order valence-electron chi connectivity index (χ3n) is 5.60. The molecule has 108 valence electrons. The van der Waals surface area contributed by atoms with E-state index in [4.69, 9.17) is 5.11 Å². The number of carboxylic acid groups (broad SMARTS) is 1. The Morgan fingerprint density at radius 2 is 2.11 bits per heavy atom. The van der Waals surface area contributed by atoms with Crippen LogP contribution in [0, 0.1) is 16.7 Å². The summed E-state index contributed by atoms with van der Waals surface area (Å²) in [6, 6.07) is 0.502. The average Bonchev–Trinajstić information content (AvgIpc) is 2.78. The van der Waals surface area contributed by atoms with Crippen LogP contribution in [0.3, 0.4) is 0 Å². The highest BCUT2D eigenvalue weighted by Gasteiger charge is 2.58. The smallest absolute Gasteiger partial charge is 0.331 e. The normalized spacial score (nSPS) is 36.7. The molecule has 2 N–H and O–H groups in total. The van der Waals surface area contributed by atoms with Gasteiger partial charge in [0.15, 0.2) is 0 Å². The van der Waals surface area contributed by atoms with E-state index in [1.54, 1.807) is 0 Å². The fourth-order valence-electron chi connectivity index (χ4n) is 4.49. The van der Waals surface area contributed by atoms with Crippen molar-refractivity contribution < 1.29 is 9.90 Å². The van der Waals surface area contributed by atoms with Crippen LogP contribution in [0.25, 0.3) is 0 Å². The van der Waals surface area contributed by atoms with E-state index in [2.05, 4.69) is 26.1 Å². The van der Waals surface area contributed by atoms with Crippen LogP contribution in [0.15, 0.2) is 11.6 Å². The molecule has 0 saturated heterocycles. The van der Waals surface area contributed by atoms with Gasteiger partial charge >= 0.3 is 5.97 Å². The molecule has 2 aliphatic rings. The van der Waals surface area contributed by atoms with Gasteiger partial charge in [-0.15, -0.1) is 0 Å². The van der Waals surface area contributed by atoms with Crippen LogP contribution in [-0.2, 0) is 4.79 Å². The number of hydrogen-bond donors (Lipinski definition) is 2. The quantitative estimate of drug-likeness (QED) is 0.750. The Labute approximate surface area is 116 Å². The Bertz CT molecular complexity index is 395. The summed E-state index contributed by atoms with van der Waals surface area (Å²) in [4.78, 5) is 11.0. The third kappa shape index (κ3) is 2.45. The summed E-state index contributed by atoms with van der Waals surface area (Å²) >= 11 is 0. The standard InChI is InChI=1S/C16H27NO2/c1-5-11(13(18)19)7-9-17-14-15(2,3)12-6-8-16(14,4)10-12/h7,12,14,17H,5-6,8-10H2,1-4H3,(H,18,19). The van der Waals surface area contributed by atoms with Crippen LogP contribution in [0.4, 0.5) is 0 Å². The van der Waals surface area contributed by atoms with Gasteiger partial charge in [0.1, 0.15) is 0 Å². The monoisotopic (exact) mass is 265 g/mol. The second-order valence-electron chi connectivity index (χ2n) is 7.14. The van der Waals surface area contributed by atoms with E-state index in [1.807, 2.05) is 13.0 Å². The highest BCUT2D eigenvalue weighted by atomic mass is 16.4. The zero-order valence-corrected chi connectivity index (χ0v) is 12.6. The van der Waals surface area contributed by atoms with Crippen molar-refractivity contribution in [3.05, 3.63) is 11.6 Å². The molecule has 0 aromatic carbocycles. The lowest BCUT2D eigenvalue weighted by molar-refractivity contribution is -0.132. The molecule has 2 aliphatic carbocycles. The van der Waals surface area contributed by atoms with E-state index in [0.29, 0.717) is 35.4 Å². The van der Waals surface area contributed by atoms with Gasteiger partial charge in [-0.05, 0) is 42.4 Å². The Balaban J connectivity index is 2.02. The minimum Gasteiger partial charge on any atom is -0.478 e. The van der Waals surface area contributed by atoms with Crippen LogP contribution in [0.1, 0.15) is 53.4 Å². The highest BCUT2D eigenvalue weighted by Crippen LogP contribution is 2.62. The topological polar surface area (TPSA) is 49.3 Å². The van der Waals surface area contributed by atoms with Crippen molar-refractivity contribution in [1.29, 1.82) is 0 Å². The molecular weight excluding hydrogens is 238 g/mol. The lowest BCUT2D eigenvalue weighted by Gasteiger charge is -2.43. The number of carbonyl (C=O) groups is 1. The van der Waals surface area contributed by atoms with E-state index in [0.717, 1.165) is 5.92 Å². The second-order valence-corrected chi connectivity index (χ2v) is 7.14. The van der Waals surface area contributed by atoms with Crippen LogP contribution in [-0.4, -0.2) is 23.7 Å². The lowest BCUT2D eigenvalue weighted by Crippen LogP contribution is -2.50. The van der Waals surface area contributed by atoms with Gasteiger partial charge in [0, 0.05) is 18.2 Å². The molecule has 0 heterocycles. The van der Waals surface area contributed by atoms with Crippen molar-refractivity contribution in [3.8, 4) is 0 Å².